The van der Waals surface area contributed by atoms with Gasteiger partial charge in [0.2, 0.25) is 0 Å². The van der Waals surface area contributed by atoms with E-state index in [4.69, 9.17) is 0 Å². The average molecular weight is 277 g/mol. The van der Waals surface area contributed by atoms with Crippen LogP contribution in [-0.2, 0) is 0 Å². The maximum absolute atomic E-state index is 12.0. The van der Waals surface area contributed by atoms with Crippen LogP contribution in [0.5, 0.6) is 0 Å². The quantitative estimate of drug-likeness (QED) is 0.839. The molecule has 2 N–H and O–H groups in total. The van der Waals surface area contributed by atoms with Crippen LogP contribution in [0.1, 0.15) is 30.3 Å². The van der Waals surface area contributed by atoms with Crippen molar-refractivity contribution in [2.24, 2.45) is 5.92 Å². The Hall–Kier alpha value is -1.69. The van der Waals surface area contributed by atoms with Crippen molar-refractivity contribution in [1.29, 1.82) is 0 Å². The van der Waals surface area contributed by atoms with Gasteiger partial charge >= 0.3 is 0 Å². The molecular weight excluding hydrogens is 254 g/mol. The number of carbonyl (C=O) groups excluding carboxylic acids is 1. The van der Waals surface area contributed by atoms with Gasteiger partial charge in [0, 0.05) is 13.6 Å². The van der Waals surface area contributed by atoms with Crippen molar-refractivity contribution in [2.75, 3.05) is 38.5 Å². The highest BCUT2D eigenvalue weighted by molar-refractivity contribution is 5.92. The van der Waals surface area contributed by atoms with E-state index in [1.807, 2.05) is 0 Å². The lowest BCUT2D eigenvalue weighted by atomic mass is 9.97. The van der Waals surface area contributed by atoms with E-state index in [0.717, 1.165) is 39.0 Å². The SMILES string of the molecule is CCN1CCC(CNC(=O)c2cncc(NC)n2)CC1. The molecule has 0 aromatic carbocycles. The molecule has 6 nitrogen and oxygen atoms in total. The van der Waals surface area contributed by atoms with E-state index in [1.54, 1.807) is 13.2 Å². The molecule has 1 amide bonds. The summed E-state index contributed by atoms with van der Waals surface area (Å²) in [6.45, 7) is 6.29. The maximum atomic E-state index is 12.0. The second-order valence-electron chi connectivity index (χ2n) is 5.13. The zero-order valence-corrected chi connectivity index (χ0v) is 12.2. The molecule has 1 aliphatic heterocycles. The smallest absolute Gasteiger partial charge is 0.271 e. The summed E-state index contributed by atoms with van der Waals surface area (Å²) in [5.74, 6) is 1.03. The molecule has 1 aromatic rings. The summed E-state index contributed by atoms with van der Waals surface area (Å²) in [5.41, 5.74) is 0.364. The van der Waals surface area contributed by atoms with Crippen molar-refractivity contribution in [3.8, 4) is 0 Å². The number of amides is 1. The first-order valence-electron chi connectivity index (χ1n) is 7.23. The van der Waals surface area contributed by atoms with Crippen LogP contribution in [0.2, 0.25) is 0 Å². The number of aromatic nitrogens is 2. The third-order valence-corrected chi connectivity index (χ3v) is 3.83. The van der Waals surface area contributed by atoms with Crippen LogP contribution >= 0.6 is 0 Å². The van der Waals surface area contributed by atoms with Crippen LogP contribution in [0.3, 0.4) is 0 Å². The molecule has 0 saturated carbocycles. The Morgan fingerprint density at radius 3 is 2.80 bits per heavy atom. The van der Waals surface area contributed by atoms with Gasteiger partial charge in [0.15, 0.2) is 0 Å². The van der Waals surface area contributed by atoms with Gasteiger partial charge < -0.3 is 15.5 Å². The third kappa shape index (κ3) is 3.90. The van der Waals surface area contributed by atoms with Gasteiger partial charge in [-0.15, -0.1) is 0 Å². The van der Waals surface area contributed by atoms with Gasteiger partial charge in [-0.1, -0.05) is 6.92 Å². The van der Waals surface area contributed by atoms with E-state index in [2.05, 4.69) is 32.4 Å². The molecule has 20 heavy (non-hydrogen) atoms. The number of piperidine rings is 1. The van der Waals surface area contributed by atoms with Crippen molar-refractivity contribution in [1.82, 2.24) is 20.2 Å². The largest absolute Gasteiger partial charge is 0.372 e. The lowest BCUT2D eigenvalue weighted by Crippen LogP contribution is -2.38. The van der Waals surface area contributed by atoms with Crippen LogP contribution in [0.25, 0.3) is 0 Å². The summed E-state index contributed by atoms with van der Waals surface area (Å²) in [6.07, 6.45) is 5.39. The summed E-state index contributed by atoms with van der Waals surface area (Å²) in [7, 11) is 1.76. The summed E-state index contributed by atoms with van der Waals surface area (Å²) in [6, 6.07) is 0. The Bertz CT molecular complexity index is 443. The number of likely N-dealkylation sites (tertiary alicyclic amines) is 1. The molecule has 0 unspecified atom stereocenters. The monoisotopic (exact) mass is 277 g/mol. The summed E-state index contributed by atoms with van der Waals surface area (Å²) >= 11 is 0. The van der Waals surface area contributed by atoms with E-state index in [-0.39, 0.29) is 5.91 Å². The highest BCUT2D eigenvalue weighted by Gasteiger charge is 2.19. The Kier molecular flexibility index (Phi) is 5.29. The molecule has 2 heterocycles. The van der Waals surface area contributed by atoms with Crippen LogP contribution in [-0.4, -0.2) is 54.0 Å². The standard InChI is InChI=1S/C14H23N5O/c1-3-19-6-4-11(5-7-19)8-17-14(20)12-9-16-10-13(15-2)18-12/h9-11H,3-8H2,1-2H3,(H,15,18)(H,17,20). The van der Waals surface area contributed by atoms with E-state index in [0.29, 0.717) is 17.4 Å². The molecule has 1 saturated heterocycles. The van der Waals surface area contributed by atoms with Crippen LogP contribution in [0.15, 0.2) is 12.4 Å². The number of anilines is 1. The number of nitrogens with one attached hydrogen (secondary N) is 2. The molecule has 0 atom stereocenters. The van der Waals surface area contributed by atoms with Crippen LogP contribution < -0.4 is 10.6 Å². The van der Waals surface area contributed by atoms with Gasteiger partial charge in [0.1, 0.15) is 11.5 Å². The Balaban J connectivity index is 1.80. The molecule has 0 bridgehead atoms. The number of carbonyl (C=O) groups is 1. The molecule has 1 fully saturated rings. The highest BCUT2D eigenvalue weighted by atomic mass is 16.1. The van der Waals surface area contributed by atoms with E-state index < -0.39 is 0 Å². The third-order valence-electron chi connectivity index (χ3n) is 3.83. The summed E-state index contributed by atoms with van der Waals surface area (Å²) < 4.78 is 0. The van der Waals surface area contributed by atoms with Gasteiger partial charge in [-0.05, 0) is 38.4 Å². The van der Waals surface area contributed by atoms with Gasteiger partial charge in [-0.25, -0.2) is 4.98 Å². The summed E-state index contributed by atoms with van der Waals surface area (Å²) in [5, 5.41) is 5.84. The lowest BCUT2D eigenvalue weighted by Gasteiger charge is -2.30. The minimum absolute atomic E-state index is 0.146. The van der Waals surface area contributed by atoms with E-state index in [9.17, 15) is 4.79 Å². The molecule has 0 radical (unpaired) electrons. The van der Waals surface area contributed by atoms with Crippen molar-refractivity contribution in [2.45, 2.75) is 19.8 Å². The van der Waals surface area contributed by atoms with E-state index >= 15 is 0 Å². The van der Waals surface area contributed by atoms with Gasteiger partial charge in [-0.2, -0.15) is 0 Å². The van der Waals surface area contributed by atoms with Gasteiger partial charge in [0.25, 0.3) is 5.91 Å². The zero-order chi connectivity index (χ0) is 14.4. The molecule has 0 aliphatic carbocycles. The molecule has 1 aliphatic rings. The molecule has 6 heteroatoms. The van der Waals surface area contributed by atoms with Crippen molar-refractivity contribution >= 4 is 11.7 Å². The fourth-order valence-corrected chi connectivity index (χ4v) is 2.43. The number of hydrogen-bond acceptors (Lipinski definition) is 5. The highest BCUT2D eigenvalue weighted by Crippen LogP contribution is 2.15. The lowest BCUT2D eigenvalue weighted by molar-refractivity contribution is 0.0931. The van der Waals surface area contributed by atoms with Crippen molar-refractivity contribution in [3.63, 3.8) is 0 Å². The van der Waals surface area contributed by atoms with Crippen LogP contribution in [0.4, 0.5) is 5.82 Å². The molecule has 1 aromatic heterocycles. The van der Waals surface area contributed by atoms with Crippen LogP contribution in [0, 0.1) is 5.92 Å². The first-order valence-corrected chi connectivity index (χ1v) is 7.23. The first kappa shape index (κ1) is 14.7. The Morgan fingerprint density at radius 1 is 1.40 bits per heavy atom. The number of rotatable bonds is 5. The molecule has 2 rings (SSSR count). The summed E-state index contributed by atoms with van der Waals surface area (Å²) in [4.78, 5) is 22.7. The molecule has 0 spiro atoms. The second kappa shape index (κ2) is 7.19. The van der Waals surface area contributed by atoms with Crippen molar-refractivity contribution < 1.29 is 4.79 Å². The normalized spacial score (nSPS) is 16.9. The predicted octanol–water partition coefficient (Wildman–Crippen LogP) is 0.980. The molecule has 110 valence electrons. The number of nitrogens with zero attached hydrogens (tertiary/aromatic N) is 3. The fourth-order valence-electron chi connectivity index (χ4n) is 2.43. The first-order chi connectivity index (χ1) is 9.72. The molecular formula is C14H23N5O. The predicted molar refractivity (Wildman–Crippen MR) is 78.7 cm³/mol. The second-order valence-corrected chi connectivity index (χ2v) is 5.13. The van der Waals surface area contributed by atoms with Gasteiger partial charge in [0.05, 0.1) is 12.4 Å². The Morgan fingerprint density at radius 2 is 2.15 bits per heavy atom. The topological polar surface area (TPSA) is 70.2 Å². The van der Waals surface area contributed by atoms with Gasteiger partial charge in [-0.3, -0.25) is 9.78 Å². The minimum atomic E-state index is -0.146. The zero-order valence-electron chi connectivity index (χ0n) is 12.2. The Labute approximate surface area is 120 Å². The fraction of sp³-hybridized carbons (Fsp3) is 0.643. The van der Waals surface area contributed by atoms with Crippen molar-refractivity contribution in [3.05, 3.63) is 18.1 Å². The number of hydrogen-bond donors (Lipinski definition) is 2. The maximum Gasteiger partial charge on any atom is 0.271 e. The van der Waals surface area contributed by atoms with E-state index in [1.165, 1.54) is 6.20 Å². The average Bonchev–Trinajstić information content (AvgIpc) is 2.53. The minimum Gasteiger partial charge on any atom is -0.372 e.